The molecule has 0 unspecified atom stereocenters. The second kappa shape index (κ2) is 8.16. The summed E-state index contributed by atoms with van der Waals surface area (Å²) in [5.41, 5.74) is 0.667. The Morgan fingerprint density at radius 2 is 2.04 bits per heavy atom. The maximum Gasteiger partial charge on any atom is 0.258 e. The molecule has 1 aromatic heterocycles. The van der Waals surface area contributed by atoms with Crippen LogP contribution in [0, 0.1) is 5.92 Å². The van der Waals surface area contributed by atoms with Crippen molar-refractivity contribution in [3.63, 3.8) is 0 Å². The average Bonchev–Trinajstić information content (AvgIpc) is 2.52. The third-order valence-corrected chi connectivity index (χ3v) is 3.95. The molecule has 5 heteroatoms. The van der Waals surface area contributed by atoms with Crippen molar-refractivity contribution >= 4 is 28.4 Å². The SMILES string of the molecule is CC(C)CC[C@@H](C)NC(=O)COc1ccc(Cl)c2cccnc12. The van der Waals surface area contributed by atoms with Crippen LogP contribution in [0.5, 0.6) is 5.75 Å². The molecule has 0 aliphatic carbocycles. The van der Waals surface area contributed by atoms with Gasteiger partial charge < -0.3 is 10.1 Å². The molecule has 0 spiro atoms. The molecule has 1 N–H and O–H groups in total. The van der Waals surface area contributed by atoms with Gasteiger partial charge in [0.05, 0.1) is 5.02 Å². The summed E-state index contributed by atoms with van der Waals surface area (Å²) in [5.74, 6) is 1.08. The highest BCUT2D eigenvalue weighted by molar-refractivity contribution is 6.35. The number of aromatic nitrogens is 1. The molecule has 0 saturated carbocycles. The number of ether oxygens (including phenoxy) is 1. The highest BCUT2D eigenvalue weighted by atomic mass is 35.5. The predicted molar refractivity (Wildman–Crippen MR) is 93.9 cm³/mol. The Bertz CT molecular complexity index is 673. The summed E-state index contributed by atoms with van der Waals surface area (Å²) in [5, 5.41) is 4.39. The third-order valence-electron chi connectivity index (χ3n) is 3.62. The van der Waals surface area contributed by atoms with E-state index in [1.54, 1.807) is 18.3 Å². The smallest absolute Gasteiger partial charge is 0.258 e. The minimum atomic E-state index is -0.125. The van der Waals surface area contributed by atoms with Gasteiger partial charge in [-0.3, -0.25) is 9.78 Å². The minimum absolute atomic E-state index is 0.0284. The molecule has 124 valence electrons. The number of nitrogens with zero attached hydrogens (tertiary/aromatic N) is 1. The van der Waals surface area contributed by atoms with Gasteiger partial charge in [0.25, 0.3) is 5.91 Å². The zero-order valence-electron chi connectivity index (χ0n) is 13.8. The molecule has 1 aromatic carbocycles. The van der Waals surface area contributed by atoms with E-state index in [2.05, 4.69) is 24.1 Å². The number of hydrogen-bond acceptors (Lipinski definition) is 3. The van der Waals surface area contributed by atoms with Crippen molar-refractivity contribution in [3.8, 4) is 5.75 Å². The zero-order chi connectivity index (χ0) is 16.8. The van der Waals surface area contributed by atoms with Crippen molar-refractivity contribution in [1.29, 1.82) is 0 Å². The number of nitrogens with one attached hydrogen (secondary N) is 1. The molecule has 0 fully saturated rings. The lowest BCUT2D eigenvalue weighted by Gasteiger charge is -2.15. The van der Waals surface area contributed by atoms with Crippen LogP contribution in [0.15, 0.2) is 30.5 Å². The Labute approximate surface area is 142 Å². The monoisotopic (exact) mass is 334 g/mol. The minimum Gasteiger partial charge on any atom is -0.481 e. The fourth-order valence-corrected chi connectivity index (χ4v) is 2.56. The maximum absolute atomic E-state index is 12.0. The summed E-state index contributed by atoms with van der Waals surface area (Å²) in [6, 6.07) is 7.35. The molecule has 2 aromatic rings. The van der Waals surface area contributed by atoms with Crippen LogP contribution in [0.2, 0.25) is 5.02 Å². The fraction of sp³-hybridized carbons (Fsp3) is 0.444. The van der Waals surface area contributed by atoms with Crippen LogP contribution < -0.4 is 10.1 Å². The van der Waals surface area contributed by atoms with Gasteiger partial charge in [-0.25, -0.2) is 0 Å². The van der Waals surface area contributed by atoms with Crippen LogP contribution in [-0.4, -0.2) is 23.5 Å². The van der Waals surface area contributed by atoms with Crippen LogP contribution in [0.3, 0.4) is 0 Å². The first-order chi connectivity index (χ1) is 11.0. The van der Waals surface area contributed by atoms with Crippen molar-refractivity contribution in [1.82, 2.24) is 10.3 Å². The summed E-state index contributed by atoms with van der Waals surface area (Å²) in [6.45, 7) is 6.34. The van der Waals surface area contributed by atoms with E-state index in [1.165, 1.54) is 0 Å². The predicted octanol–water partition coefficient (Wildman–Crippen LogP) is 4.21. The second-order valence-corrected chi connectivity index (χ2v) is 6.58. The Kier molecular flexibility index (Phi) is 6.22. The molecule has 4 nitrogen and oxygen atoms in total. The highest BCUT2D eigenvalue weighted by Crippen LogP contribution is 2.29. The topological polar surface area (TPSA) is 51.2 Å². The molecular formula is C18H23ClN2O2. The lowest BCUT2D eigenvalue weighted by molar-refractivity contribution is -0.123. The third kappa shape index (κ3) is 5.10. The van der Waals surface area contributed by atoms with Gasteiger partial charge in [0, 0.05) is 17.6 Å². The van der Waals surface area contributed by atoms with E-state index in [0.717, 1.165) is 18.2 Å². The largest absolute Gasteiger partial charge is 0.481 e. The molecule has 1 amide bonds. The normalized spacial score (nSPS) is 12.4. The first-order valence-electron chi connectivity index (χ1n) is 7.92. The standard InChI is InChI=1S/C18H23ClN2O2/c1-12(2)6-7-13(3)21-17(22)11-23-16-9-8-15(19)14-5-4-10-20-18(14)16/h4-5,8-10,12-13H,6-7,11H2,1-3H3,(H,21,22)/t13-/m1/s1. The number of pyridine rings is 1. The van der Waals surface area contributed by atoms with E-state index in [9.17, 15) is 4.79 Å². The molecule has 0 radical (unpaired) electrons. The Balaban J connectivity index is 1.93. The van der Waals surface area contributed by atoms with E-state index in [4.69, 9.17) is 16.3 Å². The van der Waals surface area contributed by atoms with Crippen molar-refractivity contribution in [2.75, 3.05) is 6.61 Å². The number of fused-ring (bicyclic) bond motifs is 1. The molecule has 0 aliphatic heterocycles. The molecule has 0 aliphatic rings. The molecule has 1 heterocycles. The first-order valence-corrected chi connectivity index (χ1v) is 8.30. The quantitative estimate of drug-likeness (QED) is 0.825. The van der Waals surface area contributed by atoms with Gasteiger partial charge in [-0.1, -0.05) is 25.4 Å². The number of hydrogen-bond donors (Lipinski definition) is 1. The van der Waals surface area contributed by atoms with Gasteiger partial charge >= 0.3 is 0 Å². The summed E-state index contributed by atoms with van der Waals surface area (Å²) in [4.78, 5) is 16.3. The molecule has 2 rings (SSSR count). The molecule has 0 bridgehead atoms. The van der Waals surface area contributed by atoms with Crippen LogP contribution in [-0.2, 0) is 4.79 Å². The van der Waals surface area contributed by atoms with Crippen molar-refractivity contribution in [2.24, 2.45) is 5.92 Å². The molecule has 1 atom stereocenters. The number of amides is 1. The lowest BCUT2D eigenvalue weighted by Crippen LogP contribution is -2.36. The molecule has 0 saturated heterocycles. The van der Waals surface area contributed by atoms with Crippen LogP contribution in [0.25, 0.3) is 10.9 Å². The van der Waals surface area contributed by atoms with Crippen molar-refractivity contribution in [3.05, 3.63) is 35.5 Å². The van der Waals surface area contributed by atoms with Crippen LogP contribution in [0.1, 0.15) is 33.6 Å². The van der Waals surface area contributed by atoms with E-state index in [-0.39, 0.29) is 18.6 Å². The van der Waals surface area contributed by atoms with Gasteiger partial charge in [0.2, 0.25) is 0 Å². The summed E-state index contributed by atoms with van der Waals surface area (Å²) in [7, 11) is 0. The van der Waals surface area contributed by atoms with Crippen LogP contribution in [0.4, 0.5) is 0 Å². The van der Waals surface area contributed by atoms with E-state index < -0.39 is 0 Å². The Morgan fingerprint density at radius 3 is 2.78 bits per heavy atom. The Hall–Kier alpha value is -1.81. The zero-order valence-corrected chi connectivity index (χ0v) is 14.6. The van der Waals surface area contributed by atoms with E-state index in [0.29, 0.717) is 22.2 Å². The van der Waals surface area contributed by atoms with Gasteiger partial charge in [-0.05, 0) is 49.9 Å². The highest BCUT2D eigenvalue weighted by Gasteiger charge is 2.11. The van der Waals surface area contributed by atoms with Gasteiger partial charge in [0.1, 0.15) is 11.3 Å². The fourth-order valence-electron chi connectivity index (χ4n) is 2.34. The summed E-state index contributed by atoms with van der Waals surface area (Å²) >= 11 is 6.15. The van der Waals surface area contributed by atoms with Crippen molar-refractivity contribution in [2.45, 2.75) is 39.7 Å². The number of rotatable bonds is 7. The number of benzene rings is 1. The average molecular weight is 335 g/mol. The summed E-state index contributed by atoms with van der Waals surface area (Å²) < 4.78 is 5.63. The number of carbonyl (C=O) groups is 1. The number of halogens is 1. The Morgan fingerprint density at radius 1 is 1.26 bits per heavy atom. The van der Waals surface area contributed by atoms with E-state index >= 15 is 0 Å². The molecule has 23 heavy (non-hydrogen) atoms. The van der Waals surface area contributed by atoms with Gasteiger partial charge in [0.15, 0.2) is 6.61 Å². The first kappa shape index (κ1) is 17.5. The summed E-state index contributed by atoms with van der Waals surface area (Å²) in [6.07, 6.45) is 3.74. The second-order valence-electron chi connectivity index (χ2n) is 6.17. The van der Waals surface area contributed by atoms with Crippen molar-refractivity contribution < 1.29 is 9.53 Å². The van der Waals surface area contributed by atoms with E-state index in [1.807, 2.05) is 19.1 Å². The maximum atomic E-state index is 12.0. The van der Waals surface area contributed by atoms with Crippen LogP contribution >= 0.6 is 11.6 Å². The van der Waals surface area contributed by atoms with Gasteiger partial charge in [-0.15, -0.1) is 0 Å². The van der Waals surface area contributed by atoms with Gasteiger partial charge in [-0.2, -0.15) is 0 Å². The molecular weight excluding hydrogens is 312 g/mol. The lowest BCUT2D eigenvalue weighted by atomic mass is 10.0. The number of carbonyl (C=O) groups excluding carboxylic acids is 1.